The Morgan fingerprint density at radius 2 is 1.80 bits per heavy atom. The third kappa shape index (κ3) is 3.82. The summed E-state index contributed by atoms with van der Waals surface area (Å²) in [4.78, 5) is 30.7. The van der Waals surface area contributed by atoms with Crippen LogP contribution in [0, 0.1) is 0 Å². The summed E-state index contributed by atoms with van der Waals surface area (Å²) in [5.74, 6) is 0.145. The first kappa shape index (κ1) is 21.2. The summed E-state index contributed by atoms with van der Waals surface area (Å²) >= 11 is 0. The molecule has 0 saturated carbocycles. The number of nitrogens with zero attached hydrogens (tertiary/aromatic N) is 3. The van der Waals surface area contributed by atoms with Crippen molar-refractivity contribution >= 4 is 17.7 Å². The van der Waals surface area contributed by atoms with E-state index in [1.807, 2.05) is 16.7 Å². The lowest BCUT2D eigenvalue weighted by molar-refractivity contribution is -0.116. The number of benzene rings is 1. The molecular formula is C24H35N3O3. The Morgan fingerprint density at radius 1 is 1.10 bits per heavy atom. The fraction of sp³-hybridized carbons (Fsp3) is 0.667. The van der Waals surface area contributed by atoms with E-state index in [0.717, 1.165) is 70.5 Å². The predicted molar refractivity (Wildman–Crippen MR) is 118 cm³/mol. The number of carbonyl (C=O) groups excluding carboxylic acids is 2. The summed E-state index contributed by atoms with van der Waals surface area (Å²) in [7, 11) is 0. The van der Waals surface area contributed by atoms with Gasteiger partial charge in [-0.15, -0.1) is 0 Å². The van der Waals surface area contributed by atoms with Gasteiger partial charge in [0.05, 0.1) is 6.61 Å². The van der Waals surface area contributed by atoms with Gasteiger partial charge in [-0.1, -0.05) is 19.1 Å². The van der Waals surface area contributed by atoms with Crippen LogP contribution in [0.4, 0.5) is 10.5 Å². The van der Waals surface area contributed by atoms with Gasteiger partial charge in [0.2, 0.25) is 5.91 Å². The van der Waals surface area contributed by atoms with Crippen LogP contribution >= 0.6 is 0 Å². The Bertz CT molecular complexity index is 793. The van der Waals surface area contributed by atoms with Crippen LogP contribution in [0.15, 0.2) is 18.2 Å². The van der Waals surface area contributed by atoms with Crippen LogP contribution in [0.5, 0.6) is 0 Å². The Balaban J connectivity index is 1.42. The molecule has 2 saturated heterocycles. The van der Waals surface area contributed by atoms with Crippen molar-refractivity contribution in [2.24, 2.45) is 0 Å². The number of carbonyl (C=O) groups is 2. The molecule has 0 unspecified atom stereocenters. The van der Waals surface area contributed by atoms with Crippen LogP contribution in [0.25, 0.3) is 0 Å². The molecule has 1 spiro atoms. The second-order valence-corrected chi connectivity index (χ2v) is 9.04. The summed E-state index contributed by atoms with van der Waals surface area (Å²) < 4.78 is 5.15. The van der Waals surface area contributed by atoms with Gasteiger partial charge in [-0.3, -0.25) is 4.79 Å². The quantitative estimate of drug-likeness (QED) is 0.760. The Kier molecular flexibility index (Phi) is 6.05. The molecule has 3 aliphatic rings. The summed E-state index contributed by atoms with van der Waals surface area (Å²) in [5, 5.41) is 0. The maximum atomic E-state index is 12.3. The van der Waals surface area contributed by atoms with Crippen molar-refractivity contribution in [3.8, 4) is 0 Å². The van der Waals surface area contributed by atoms with Gasteiger partial charge in [0.15, 0.2) is 0 Å². The lowest BCUT2D eigenvalue weighted by Crippen LogP contribution is -2.52. The van der Waals surface area contributed by atoms with Gasteiger partial charge >= 0.3 is 6.09 Å². The van der Waals surface area contributed by atoms with Crippen molar-refractivity contribution in [2.45, 2.75) is 64.3 Å². The van der Waals surface area contributed by atoms with Crippen LogP contribution in [0.1, 0.15) is 57.6 Å². The van der Waals surface area contributed by atoms with Gasteiger partial charge in [0.1, 0.15) is 0 Å². The molecule has 6 nitrogen and oxygen atoms in total. The molecule has 0 aliphatic carbocycles. The van der Waals surface area contributed by atoms with Crippen molar-refractivity contribution in [3.63, 3.8) is 0 Å². The largest absolute Gasteiger partial charge is 0.450 e. The standard InChI is InChI=1S/C24H35N3O3/c1-4-19-6-7-22-21(16-19)24(17-27(22)18(3)28)10-14-25(15-11-24)20-8-12-26(13-9-20)23(29)30-5-2/h6-7,16,20H,4-5,8-15,17H2,1-3H3. The molecule has 0 radical (unpaired) electrons. The maximum absolute atomic E-state index is 12.3. The zero-order chi connectivity index (χ0) is 21.3. The third-order valence-corrected chi connectivity index (χ3v) is 7.43. The lowest BCUT2D eigenvalue weighted by Gasteiger charge is -2.45. The number of anilines is 1. The Labute approximate surface area is 180 Å². The first-order chi connectivity index (χ1) is 14.5. The zero-order valence-corrected chi connectivity index (χ0v) is 18.7. The smallest absolute Gasteiger partial charge is 0.409 e. The molecule has 0 atom stereocenters. The topological polar surface area (TPSA) is 53.1 Å². The molecule has 4 rings (SSSR count). The minimum atomic E-state index is -0.174. The molecule has 3 heterocycles. The fourth-order valence-electron chi connectivity index (χ4n) is 5.59. The summed E-state index contributed by atoms with van der Waals surface area (Å²) in [6.07, 6.45) is 5.06. The predicted octanol–water partition coefficient (Wildman–Crippen LogP) is 3.57. The number of aryl methyl sites for hydroxylation is 1. The van der Waals surface area contributed by atoms with Crippen molar-refractivity contribution in [3.05, 3.63) is 29.3 Å². The van der Waals surface area contributed by atoms with Gasteiger partial charge in [-0.2, -0.15) is 0 Å². The summed E-state index contributed by atoms with van der Waals surface area (Å²) in [6, 6.07) is 7.22. The van der Waals surface area contributed by atoms with Crippen LogP contribution in [-0.2, 0) is 21.4 Å². The number of fused-ring (bicyclic) bond motifs is 2. The number of piperidine rings is 2. The van der Waals surface area contributed by atoms with E-state index in [4.69, 9.17) is 4.74 Å². The van der Waals surface area contributed by atoms with E-state index in [-0.39, 0.29) is 17.4 Å². The number of hydrogen-bond donors (Lipinski definition) is 0. The number of ether oxygens (including phenoxy) is 1. The molecule has 2 fully saturated rings. The molecule has 0 N–H and O–H groups in total. The van der Waals surface area contributed by atoms with Crippen molar-refractivity contribution in [1.82, 2.24) is 9.80 Å². The van der Waals surface area contributed by atoms with Crippen LogP contribution in [0.3, 0.4) is 0 Å². The van der Waals surface area contributed by atoms with Gasteiger partial charge < -0.3 is 19.4 Å². The number of amides is 2. The first-order valence-electron chi connectivity index (χ1n) is 11.5. The van der Waals surface area contributed by atoms with Crippen molar-refractivity contribution < 1.29 is 14.3 Å². The van der Waals surface area contributed by atoms with E-state index in [2.05, 4.69) is 30.0 Å². The minimum Gasteiger partial charge on any atom is -0.450 e. The summed E-state index contributed by atoms with van der Waals surface area (Å²) in [6.45, 7) is 10.7. The van der Waals surface area contributed by atoms with Gasteiger partial charge in [0.25, 0.3) is 0 Å². The highest BCUT2D eigenvalue weighted by atomic mass is 16.6. The minimum absolute atomic E-state index is 0.0916. The molecule has 0 bridgehead atoms. The third-order valence-electron chi connectivity index (χ3n) is 7.43. The highest BCUT2D eigenvalue weighted by Crippen LogP contribution is 2.48. The van der Waals surface area contributed by atoms with Crippen LogP contribution < -0.4 is 4.90 Å². The zero-order valence-electron chi connectivity index (χ0n) is 18.7. The maximum Gasteiger partial charge on any atom is 0.409 e. The van der Waals surface area contributed by atoms with Crippen LogP contribution in [0.2, 0.25) is 0 Å². The average molecular weight is 414 g/mol. The molecule has 3 aliphatic heterocycles. The SMILES string of the molecule is CCOC(=O)N1CCC(N2CCC3(CC2)CN(C(C)=O)c2ccc(CC)cc23)CC1. The van der Waals surface area contributed by atoms with E-state index in [1.165, 1.54) is 11.1 Å². The van der Waals surface area contributed by atoms with E-state index >= 15 is 0 Å². The van der Waals surface area contributed by atoms with Gasteiger partial charge in [-0.05, 0) is 69.3 Å². The lowest BCUT2D eigenvalue weighted by atomic mass is 9.73. The normalized spacial score (nSPS) is 21.7. The fourth-order valence-corrected chi connectivity index (χ4v) is 5.59. The second kappa shape index (κ2) is 8.58. The van der Waals surface area contributed by atoms with Crippen molar-refractivity contribution in [2.75, 3.05) is 44.2 Å². The number of likely N-dealkylation sites (tertiary alicyclic amines) is 2. The number of rotatable bonds is 3. The molecule has 30 heavy (non-hydrogen) atoms. The van der Waals surface area contributed by atoms with Gasteiger partial charge in [0, 0.05) is 43.7 Å². The van der Waals surface area contributed by atoms with Gasteiger partial charge in [-0.25, -0.2) is 4.79 Å². The highest BCUT2D eigenvalue weighted by Gasteiger charge is 2.46. The second-order valence-electron chi connectivity index (χ2n) is 9.04. The Morgan fingerprint density at radius 3 is 2.40 bits per heavy atom. The molecule has 164 valence electrons. The summed E-state index contributed by atoms with van der Waals surface area (Å²) in [5.41, 5.74) is 3.95. The molecule has 1 aromatic carbocycles. The van der Waals surface area contributed by atoms with Crippen LogP contribution in [-0.4, -0.2) is 67.2 Å². The number of hydrogen-bond acceptors (Lipinski definition) is 4. The molecule has 2 amide bonds. The van der Waals surface area contributed by atoms with E-state index in [9.17, 15) is 9.59 Å². The molecular weight excluding hydrogens is 378 g/mol. The molecule has 1 aromatic rings. The monoisotopic (exact) mass is 413 g/mol. The Hall–Kier alpha value is -2.08. The first-order valence-corrected chi connectivity index (χ1v) is 11.5. The molecule has 6 heteroatoms. The van der Waals surface area contributed by atoms with E-state index < -0.39 is 0 Å². The van der Waals surface area contributed by atoms with E-state index in [0.29, 0.717) is 12.6 Å². The molecule has 0 aromatic heterocycles. The van der Waals surface area contributed by atoms with Crippen molar-refractivity contribution in [1.29, 1.82) is 0 Å². The van der Waals surface area contributed by atoms with E-state index in [1.54, 1.807) is 6.92 Å². The highest BCUT2D eigenvalue weighted by molar-refractivity contribution is 5.94. The average Bonchev–Trinajstić information content (AvgIpc) is 3.08.